The number of carbonyl (C=O) groups excluding carboxylic acids is 1. The maximum Gasteiger partial charge on any atom is 0.254 e. The average Bonchev–Trinajstić information content (AvgIpc) is 3.09. The van der Waals surface area contributed by atoms with Crippen molar-refractivity contribution in [1.82, 2.24) is 10.2 Å². The highest BCUT2D eigenvalue weighted by Crippen LogP contribution is 2.34. The number of allylic oxidation sites excluding steroid dienone is 2. The van der Waals surface area contributed by atoms with Gasteiger partial charge in [-0.25, -0.2) is 9.38 Å². The normalized spacial score (nSPS) is 27.4. The van der Waals surface area contributed by atoms with Gasteiger partial charge in [-0.1, -0.05) is 12.1 Å². The summed E-state index contributed by atoms with van der Waals surface area (Å²) in [6.45, 7) is 4.45. The number of carbonyl (C=O) groups is 1. The first-order valence-corrected chi connectivity index (χ1v) is 10.0. The van der Waals surface area contributed by atoms with Gasteiger partial charge in [0.15, 0.2) is 5.90 Å². The number of benzene rings is 1. The van der Waals surface area contributed by atoms with Crippen LogP contribution in [0.4, 0.5) is 4.39 Å². The first kappa shape index (κ1) is 17.6. The van der Waals surface area contributed by atoms with E-state index in [0.29, 0.717) is 11.9 Å². The number of nitrogens with one attached hydrogen (secondary N) is 1. The molecule has 6 heteroatoms. The molecule has 3 heterocycles. The Hall–Kier alpha value is -2.47. The van der Waals surface area contributed by atoms with Gasteiger partial charge in [-0.3, -0.25) is 4.79 Å². The van der Waals surface area contributed by atoms with E-state index in [0.717, 1.165) is 61.2 Å². The Morgan fingerprint density at radius 3 is 2.93 bits per heavy atom. The first-order valence-electron chi connectivity index (χ1n) is 10.0. The highest BCUT2D eigenvalue weighted by Gasteiger charge is 2.35. The zero-order chi connectivity index (χ0) is 19.3. The Labute approximate surface area is 164 Å². The number of nitrogens with zero attached hydrogens (tertiary/aromatic N) is 2. The van der Waals surface area contributed by atoms with E-state index < -0.39 is 6.04 Å². The Bertz CT molecular complexity index is 914. The van der Waals surface area contributed by atoms with Crippen molar-refractivity contribution in [2.75, 3.05) is 19.6 Å². The summed E-state index contributed by atoms with van der Waals surface area (Å²) in [5.74, 6) is 0.373. The van der Waals surface area contributed by atoms with Gasteiger partial charge in [0.2, 0.25) is 0 Å². The van der Waals surface area contributed by atoms with E-state index in [4.69, 9.17) is 4.74 Å². The predicted molar refractivity (Wildman–Crippen MR) is 106 cm³/mol. The molecule has 3 aliphatic heterocycles. The topological polar surface area (TPSA) is 53.9 Å². The number of ether oxygens (including phenoxy) is 1. The molecule has 1 N–H and O–H groups in total. The van der Waals surface area contributed by atoms with Gasteiger partial charge in [-0.15, -0.1) is 0 Å². The van der Waals surface area contributed by atoms with Gasteiger partial charge in [0, 0.05) is 25.1 Å². The fraction of sp³-hybridized carbons (Fsp3) is 0.455. The molecule has 0 bridgehead atoms. The first-order chi connectivity index (χ1) is 13.6. The van der Waals surface area contributed by atoms with Crippen molar-refractivity contribution in [3.63, 3.8) is 0 Å². The molecular weight excluding hydrogens is 357 g/mol. The van der Waals surface area contributed by atoms with Crippen molar-refractivity contribution >= 4 is 17.4 Å². The summed E-state index contributed by atoms with van der Waals surface area (Å²) in [4.78, 5) is 19.3. The van der Waals surface area contributed by atoms with Gasteiger partial charge >= 0.3 is 0 Å². The highest BCUT2D eigenvalue weighted by molar-refractivity contribution is 5.97. The Balaban J connectivity index is 1.40. The van der Waals surface area contributed by atoms with Crippen molar-refractivity contribution in [3.05, 3.63) is 52.9 Å². The minimum absolute atomic E-state index is 0.127. The van der Waals surface area contributed by atoms with E-state index in [1.807, 2.05) is 29.2 Å². The third-order valence-electron chi connectivity index (χ3n) is 6.16. The molecule has 1 aromatic carbocycles. The molecule has 1 fully saturated rings. The number of amides is 1. The molecule has 2 atom stereocenters. The lowest BCUT2D eigenvalue weighted by Crippen LogP contribution is -2.49. The molecule has 1 aromatic rings. The van der Waals surface area contributed by atoms with Crippen molar-refractivity contribution in [3.8, 4) is 0 Å². The van der Waals surface area contributed by atoms with E-state index in [9.17, 15) is 9.18 Å². The average molecular weight is 381 g/mol. The monoisotopic (exact) mass is 381 g/mol. The van der Waals surface area contributed by atoms with Crippen molar-refractivity contribution in [2.24, 2.45) is 4.99 Å². The summed E-state index contributed by atoms with van der Waals surface area (Å²) in [5, 5.41) is 3.36. The van der Waals surface area contributed by atoms with E-state index in [2.05, 4.69) is 10.3 Å². The highest BCUT2D eigenvalue weighted by atomic mass is 19.1. The smallest absolute Gasteiger partial charge is 0.254 e. The third kappa shape index (κ3) is 2.96. The zero-order valence-corrected chi connectivity index (χ0v) is 16.0. The lowest BCUT2D eigenvalue weighted by molar-refractivity contribution is 0.0623. The molecule has 1 amide bonds. The summed E-state index contributed by atoms with van der Waals surface area (Å²) in [6.07, 6.45) is 5.96. The second-order valence-corrected chi connectivity index (χ2v) is 7.93. The Morgan fingerprint density at radius 1 is 1.29 bits per heavy atom. The standard InChI is InChI=1S/C22H24FN3O2/c1-13-25-21-19(23)11-16(12-20(21)28-13)14-2-3-18-15(10-14)6-9-26(22(18)27)17-4-7-24-8-5-17/h2-3,10-12,17,20-21,24H,4-9H2,1H3. The van der Waals surface area contributed by atoms with Gasteiger partial charge in [0.1, 0.15) is 18.0 Å². The minimum Gasteiger partial charge on any atom is -0.471 e. The van der Waals surface area contributed by atoms with Crippen molar-refractivity contribution < 1.29 is 13.9 Å². The SMILES string of the molecule is CC1=NC2C(F)=CC(c3ccc4c(c3)CCN(C3CCNCC3)C4=O)=CC2O1. The van der Waals surface area contributed by atoms with Crippen molar-refractivity contribution in [1.29, 1.82) is 0 Å². The Kier molecular flexibility index (Phi) is 4.31. The summed E-state index contributed by atoms with van der Waals surface area (Å²) in [5.41, 5.74) is 3.54. The lowest BCUT2D eigenvalue weighted by atomic mass is 9.89. The molecule has 0 radical (unpaired) electrons. The summed E-state index contributed by atoms with van der Waals surface area (Å²) in [7, 11) is 0. The van der Waals surface area contributed by atoms with Gasteiger partial charge in [-0.05, 0) is 67.3 Å². The summed E-state index contributed by atoms with van der Waals surface area (Å²) in [6, 6.07) is 5.63. The number of aliphatic imine (C=N–C) groups is 1. The number of hydrogen-bond donors (Lipinski definition) is 1. The van der Waals surface area contributed by atoms with Gasteiger partial charge in [0.05, 0.1) is 0 Å². The largest absolute Gasteiger partial charge is 0.471 e. The van der Waals surface area contributed by atoms with Crippen LogP contribution in [0, 0.1) is 0 Å². The molecular formula is C22H24FN3O2. The molecule has 1 aliphatic carbocycles. The second-order valence-electron chi connectivity index (χ2n) is 7.93. The molecule has 2 unspecified atom stereocenters. The van der Waals surface area contributed by atoms with E-state index >= 15 is 0 Å². The molecule has 0 aromatic heterocycles. The van der Waals surface area contributed by atoms with Crippen LogP contribution >= 0.6 is 0 Å². The van der Waals surface area contributed by atoms with Crippen molar-refractivity contribution in [2.45, 2.75) is 44.4 Å². The maximum atomic E-state index is 14.5. The number of hydrogen-bond acceptors (Lipinski definition) is 4. The number of rotatable bonds is 2. The lowest BCUT2D eigenvalue weighted by Gasteiger charge is -2.38. The molecule has 5 rings (SSSR count). The number of halogens is 1. The quantitative estimate of drug-likeness (QED) is 0.857. The van der Waals surface area contributed by atoms with Gasteiger partial charge in [0.25, 0.3) is 5.91 Å². The molecule has 146 valence electrons. The summed E-state index contributed by atoms with van der Waals surface area (Å²) >= 11 is 0. The van der Waals surface area contributed by atoms with E-state index in [1.54, 1.807) is 13.0 Å². The second kappa shape index (κ2) is 6.85. The van der Waals surface area contributed by atoms with Crippen LogP contribution in [0.3, 0.4) is 0 Å². The number of piperidine rings is 1. The van der Waals surface area contributed by atoms with Crippen LogP contribution < -0.4 is 5.32 Å². The maximum absolute atomic E-state index is 14.5. The van der Waals surface area contributed by atoms with Gasteiger partial charge in [-0.2, -0.15) is 0 Å². The predicted octanol–water partition coefficient (Wildman–Crippen LogP) is 2.87. The minimum atomic E-state index is -0.554. The Morgan fingerprint density at radius 2 is 2.11 bits per heavy atom. The van der Waals surface area contributed by atoms with Gasteiger partial charge < -0.3 is 15.0 Å². The van der Waals surface area contributed by atoms with Crippen LogP contribution in [-0.4, -0.2) is 54.5 Å². The fourth-order valence-electron chi connectivity index (χ4n) is 4.70. The molecule has 0 saturated carbocycles. The van der Waals surface area contributed by atoms with E-state index in [-0.39, 0.29) is 17.8 Å². The molecule has 0 spiro atoms. The molecule has 4 aliphatic rings. The molecule has 28 heavy (non-hydrogen) atoms. The number of fused-ring (bicyclic) bond motifs is 2. The van der Waals surface area contributed by atoms with Crippen LogP contribution in [0.15, 0.2) is 41.2 Å². The zero-order valence-electron chi connectivity index (χ0n) is 16.0. The summed E-state index contributed by atoms with van der Waals surface area (Å²) < 4.78 is 20.1. The van der Waals surface area contributed by atoms with E-state index in [1.165, 1.54) is 0 Å². The molecule has 5 nitrogen and oxygen atoms in total. The van der Waals surface area contributed by atoms with Crippen LogP contribution in [0.5, 0.6) is 0 Å². The molecule has 1 saturated heterocycles. The van der Waals surface area contributed by atoms with Crippen LogP contribution in [0.25, 0.3) is 5.57 Å². The van der Waals surface area contributed by atoms with Crippen LogP contribution in [-0.2, 0) is 11.2 Å². The third-order valence-corrected chi connectivity index (χ3v) is 6.16. The van der Waals surface area contributed by atoms with Crippen LogP contribution in [0.1, 0.15) is 41.3 Å². The van der Waals surface area contributed by atoms with Crippen LogP contribution in [0.2, 0.25) is 0 Å². The fourth-order valence-corrected chi connectivity index (χ4v) is 4.70.